The molecule has 0 heterocycles. The number of aliphatic carboxylic acids is 2. The lowest BCUT2D eigenvalue weighted by atomic mass is 10.6. The van der Waals surface area contributed by atoms with E-state index in [1.807, 2.05) is 0 Å². The van der Waals surface area contributed by atoms with Gasteiger partial charge in [0.2, 0.25) is 10.0 Å². The summed E-state index contributed by atoms with van der Waals surface area (Å²) in [6, 6.07) is 0. The number of carbonyl (C=O) groups excluding carboxylic acids is 1. The number of hydrogen-bond acceptors (Lipinski definition) is 6. The molecule has 0 fully saturated rings. The first-order valence-electron chi connectivity index (χ1n) is 4.17. The highest BCUT2D eigenvalue weighted by Crippen LogP contribution is 2.02. The summed E-state index contributed by atoms with van der Waals surface area (Å²) in [7, 11) is -3.37. The third-order valence-corrected chi connectivity index (χ3v) is 3.19. The molecular weight excluding hydrogens is 258 g/mol. The van der Waals surface area contributed by atoms with Crippen molar-refractivity contribution >= 4 is 27.9 Å². The minimum Gasteiger partial charge on any atom is -0.480 e. The predicted octanol–water partition coefficient (Wildman–Crippen LogP) is -2.04. The summed E-state index contributed by atoms with van der Waals surface area (Å²) < 4.78 is 27.2. The number of carbonyl (C=O) groups is 3. The zero-order valence-electron chi connectivity index (χ0n) is 8.82. The molecule has 0 aliphatic heterocycles. The molecule has 0 aromatic carbocycles. The maximum atomic E-state index is 11.5. The molecule has 0 saturated carbocycles. The summed E-state index contributed by atoms with van der Waals surface area (Å²) in [5.41, 5.74) is 0. The van der Waals surface area contributed by atoms with Gasteiger partial charge in [0.15, 0.2) is 5.75 Å². The van der Waals surface area contributed by atoms with Crippen LogP contribution < -0.4 is 0 Å². The van der Waals surface area contributed by atoms with Crippen LogP contribution in [0.3, 0.4) is 0 Å². The number of rotatable bonds is 7. The van der Waals surface area contributed by atoms with Crippen molar-refractivity contribution in [2.24, 2.45) is 0 Å². The molecule has 0 rings (SSSR count). The van der Waals surface area contributed by atoms with E-state index >= 15 is 0 Å². The van der Waals surface area contributed by atoms with Gasteiger partial charge in [0, 0.05) is 0 Å². The topological polar surface area (TPSA) is 138 Å². The minimum absolute atomic E-state index is 0.175. The van der Waals surface area contributed by atoms with Crippen LogP contribution in [0.5, 0.6) is 0 Å². The monoisotopic (exact) mass is 269 g/mol. The number of ether oxygens (including phenoxy) is 1. The number of carboxylic acid groups (broad SMARTS) is 2. The molecule has 0 atom stereocenters. The van der Waals surface area contributed by atoms with E-state index in [1.54, 1.807) is 0 Å². The molecule has 98 valence electrons. The molecule has 0 aromatic rings. The lowest BCUT2D eigenvalue weighted by molar-refractivity contribution is -0.141. The molecular formula is C7H11NO8S. The fourth-order valence-corrected chi connectivity index (χ4v) is 2.07. The second-order valence-electron chi connectivity index (χ2n) is 2.89. The highest BCUT2D eigenvalue weighted by molar-refractivity contribution is 7.89. The first kappa shape index (κ1) is 15.3. The molecule has 0 bridgehead atoms. The Bertz CT molecular complexity index is 398. The van der Waals surface area contributed by atoms with Crippen molar-refractivity contribution in [1.82, 2.24) is 4.31 Å². The lowest BCUT2D eigenvalue weighted by Crippen LogP contribution is -2.42. The van der Waals surface area contributed by atoms with Crippen molar-refractivity contribution in [2.45, 2.75) is 0 Å². The zero-order chi connectivity index (χ0) is 13.6. The van der Waals surface area contributed by atoms with Crippen LogP contribution in [0.1, 0.15) is 0 Å². The van der Waals surface area contributed by atoms with Crippen LogP contribution in [-0.2, 0) is 29.1 Å². The Morgan fingerprint density at radius 2 is 1.53 bits per heavy atom. The van der Waals surface area contributed by atoms with Gasteiger partial charge in [-0.2, -0.15) is 4.31 Å². The normalized spacial score (nSPS) is 11.2. The summed E-state index contributed by atoms with van der Waals surface area (Å²) in [6.07, 6.45) is 0. The molecule has 0 amide bonds. The molecule has 10 heteroatoms. The number of nitrogens with zero attached hydrogens (tertiary/aromatic N) is 1. The van der Waals surface area contributed by atoms with Gasteiger partial charge >= 0.3 is 17.9 Å². The van der Waals surface area contributed by atoms with Crippen LogP contribution in [0.15, 0.2) is 0 Å². The van der Waals surface area contributed by atoms with E-state index in [-0.39, 0.29) is 4.31 Å². The number of sulfonamides is 1. The van der Waals surface area contributed by atoms with E-state index in [1.165, 1.54) is 0 Å². The highest BCUT2D eigenvalue weighted by Gasteiger charge is 2.29. The SMILES string of the molecule is COC(=O)CS(=O)(=O)N(CC(=O)O)CC(=O)O. The molecule has 0 unspecified atom stereocenters. The molecule has 0 saturated heterocycles. The third-order valence-electron chi connectivity index (χ3n) is 1.54. The van der Waals surface area contributed by atoms with Crippen LogP contribution >= 0.6 is 0 Å². The van der Waals surface area contributed by atoms with Crippen LogP contribution in [0, 0.1) is 0 Å². The van der Waals surface area contributed by atoms with Gasteiger partial charge in [0.25, 0.3) is 0 Å². The molecule has 17 heavy (non-hydrogen) atoms. The zero-order valence-corrected chi connectivity index (χ0v) is 9.64. The Balaban J connectivity index is 4.94. The van der Waals surface area contributed by atoms with Crippen LogP contribution in [0.25, 0.3) is 0 Å². The number of carboxylic acids is 2. The fraction of sp³-hybridized carbons (Fsp3) is 0.571. The van der Waals surface area contributed by atoms with Gasteiger partial charge in [-0.1, -0.05) is 0 Å². The lowest BCUT2D eigenvalue weighted by Gasteiger charge is -2.17. The van der Waals surface area contributed by atoms with Gasteiger partial charge in [-0.25, -0.2) is 8.42 Å². The Kier molecular flexibility index (Phi) is 5.55. The van der Waals surface area contributed by atoms with Crippen molar-refractivity contribution < 1.29 is 37.8 Å². The molecule has 0 spiro atoms. The first-order valence-corrected chi connectivity index (χ1v) is 5.78. The molecule has 2 N–H and O–H groups in total. The van der Waals surface area contributed by atoms with Gasteiger partial charge in [-0.3, -0.25) is 14.4 Å². The summed E-state index contributed by atoms with van der Waals surface area (Å²) >= 11 is 0. The van der Waals surface area contributed by atoms with Gasteiger partial charge in [-0.05, 0) is 0 Å². The molecule has 0 aromatic heterocycles. The minimum atomic E-state index is -4.33. The fourth-order valence-electron chi connectivity index (χ4n) is 0.853. The van der Waals surface area contributed by atoms with Crippen LogP contribution in [-0.4, -0.2) is 66.8 Å². The van der Waals surface area contributed by atoms with Gasteiger partial charge in [-0.15, -0.1) is 0 Å². The number of methoxy groups -OCH3 is 1. The Morgan fingerprint density at radius 3 is 1.82 bits per heavy atom. The van der Waals surface area contributed by atoms with Crippen molar-refractivity contribution in [3.63, 3.8) is 0 Å². The van der Waals surface area contributed by atoms with Crippen molar-refractivity contribution in [3.05, 3.63) is 0 Å². The van der Waals surface area contributed by atoms with Crippen LogP contribution in [0.2, 0.25) is 0 Å². The van der Waals surface area contributed by atoms with Crippen LogP contribution in [0.4, 0.5) is 0 Å². The van der Waals surface area contributed by atoms with Crippen molar-refractivity contribution in [2.75, 3.05) is 26.0 Å². The Labute approximate surface area is 96.6 Å². The third kappa shape index (κ3) is 5.82. The summed E-state index contributed by atoms with van der Waals surface area (Å²) in [4.78, 5) is 31.5. The second-order valence-corrected chi connectivity index (χ2v) is 4.86. The maximum Gasteiger partial charge on any atom is 0.322 e. The molecule has 0 aliphatic carbocycles. The first-order chi connectivity index (χ1) is 7.69. The maximum absolute atomic E-state index is 11.5. The van der Waals surface area contributed by atoms with Gasteiger partial charge in [0.1, 0.15) is 13.1 Å². The standard InChI is InChI=1S/C7H11NO8S/c1-16-7(13)4-17(14,15)8(2-5(9)10)3-6(11)12/h2-4H2,1H3,(H,9,10)(H,11,12). The Morgan fingerprint density at radius 1 is 1.12 bits per heavy atom. The second kappa shape index (κ2) is 6.15. The van der Waals surface area contributed by atoms with E-state index < -0.39 is 46.8 Å². The predicted molar refractivity (Wildman–Crippen MR) is 52.6 cm³/mol. The van der Waals surface area contributed by atoms with E-state index in [2.05, 4.69) is 4.74 Å². The molecule has 0 radical (unpaired) electrons. The Hall–Kier alpha value is -1.68. The van der Waals surface area contributed by atoms with E-state index in [0.29, 0.717) is 0 Å². The molecule has 9 nitrogen and oxygen atoms in total. The number of hydrogen-bond donors (Lipinski definition) is 2. The summed E-state index contributed by atoms with van der Waals surface area (Å²) in [5.74, 6) is -5.27. The van der Waals surface area contributed by atoms with E-state index in [4.69, 9.17) is 10.2 Å². The van der Waals surface area contributed by atoms with E-state index in [9.17, 15) is 22.8 Å². The smallest absolute Gasteiger partial charge is 0.322 e. The van der Waals surface area contributed by atoms with E-state index in [0.717, 1.165) is 7.11 Å². The van der Waals surface area contributed by atoms with Gasteiger partial charge < -0.3 is 14.9 Å². The largest absolute Gasteiger partial charge is 0.480 e. The quantitative estimate of drug-likeness (QED) is 0.504. The number of esters is 1. The van der Waals surface area contributed by atoms with Crippen molar-refractivity contribution in [1.29, 1.82) is 0 Å². The molecule has 0 aliphatic rings. The summed E-state index contributed by atoms with van der Waals surface area (Å²) in [6.45, 7) is -2.07. The summed E-state index contributed by atoms with van der Waals surface area (Å²) in [5, 5.41) is 16.9. The highest BCUT2D eigenvalue weighted by atomic mass is 32.2. The van der Waals surface area contributed by atoms with Crippen molar-refractivity contribution in [3.8, 4) is 0 Å². The average Bonchev–Trinajstić information content (AvgIpc) is 2.14. The average molecular weight is 269 g/mol. The van der Waals surface area contributed by atoms with Gasteiger partial charge in [0.05, 0.1) is 7.11 Å².